The molecular weight excluding hydrogens is 385 g/mol. The highest BCUT2D eigenvalue weighted by atomic mass is 35.5. The molecule has 0 amide bonds. The minimum Gasteiger partial charge on any atom is -0.495 e. The number of halogens is 2. The average Bonchev–Trinajstić information content (AvgIpc) is 3.02. The van der Waals surface area contributed by atoms with Crippen LogP contribution in [0.25, 0.3) is 5.69 Å². The number of hydrogen-bond donors (Lipinski definition) is 1. The minimum absolute atomic E-state index is 0.0174. The number of rotatable bonds is 5. The molecule has 9 heteroatoms. The second kappa shape index (κ2) is 6.95. The number of hydrogen-bond acceptors (Lipinski definition) is 4. The summed E-state index contributed by atoms with van der Waals surface area (Å²) in [5, 5.41) is 4.84. The minimum atomic E-state index is -3.82. The van der Waals surface area contributed by atoms with Gasteiger partial charge in [-0.25, -0.2) is 13.1 Å². The molecule has 0 saturated carbocycles. The first-order valence-corrected chi connectivity index (χ1v) is 9.30. The summed E-state index contributed by atoms with van der Waals surface area (Å²) in [4.78, 5) is 0.0174. The van der Waals surface area contributed by atoms with Gasteiger partial charge in [0.2, 0.25) is 0 Å². The quantitative estimate of drug-likeness (QED) is 0.706. The third-order valence-electron chi connectivity index (χ3n) is 3.37. The van der Waals surface area contributed by atoms with E-state index in [2.05, 4.69) is 9.82 Å². The summed E-state index contributed by atoms with van der Waals surface area (Å²) in [6.07, 6.45) is 2.93. The van der Waals surface area contributed by atoms with Crippen molar-refractivity contribution in [1.82, 2.24) is 9.78 Å². The SMILES string of the molecule is COc1ccc(S(=O)(=O)Nc2cnn(-c3ccccc3Cl)c2)cc1Cl. The standard InChI is InChI=1S/C16H13Cl2N3O3S/c1-24-16-7-6-12(8-14(16)18)25(22,23)20-11-9-19-21(10-11)15-5-3-2-4-13(15)17/h2-10,20H,1H3. The highest BCUT2D eigenvalue weighted by molar-refractivity contribution is 7.92. The molecule has 0 saturated heterocycles. The number of ether oxygens (including phenoxy) is 1. The van der Waals surface area contributed by atoms with Crippen LogP contribution >= 0.6 is 23.2 Å². The van der Waals surface area contributed by atoms with E-state index >= 15 is 0 Å². The number of benzene rings is 2. The summed E-state index contributed by atoms with van der Waals surface area (Å²) >= 11 is 12.1. The Morgan fingerprint density at radius 2 is 1.88 bits per heavy atom. The first kappa shape index (κ1) is 17.6. The monoisotopic (exact) mass is 397 g/mol. The third-order valence-corrected chi connectivity index (χ3v) is 5.36. The topological polar surface area (TPSA) is 73.2 Å². The number of aromatic nitrogens is 2. The lowest BCUT2D eigenvalue weighted by atomic mass is 10.3. The Hall–Kier alpha value is -2.22. The zero-order chi connectivity index (χ0) is 18.0. The van der Waals surface area contributed by atoms with Gasteiger partial charge in [-0.05, 0) is 30.3 Å². The predicted molar refractivity (Wildman–Crippen MR) is 97.4 cm³/mol. The molecule has 3 rings (SSSR count). The summed E-state index contributed by atoms with van der Waals surface area (Å²) in [6.45, 7) is 0. The highest BCUT2D eigenvalue weighted by Crippen LogP contribution is 2.28. The molecule has 0 aliphatic rings. The van der Waals surface area contributed by atoms with Crippen LogP contribution in [0.1, 0.15) is 0 Å². The molecule has 0 aliphatic carbocycles. The molecule has 130 valence electrons. The number of sulfonamides is 1. The van der Waals surface area contributed by atoms with Gasteiger partial charge < -0.3 is 4.74 Å². The van der Waals surface area contributed by atoms with Crippen LogP contribution in [-0.2, 0) is 10.0 Å². The maximum atomic E-state index is 12.5. The Morgan fingerprint density at radius 3 is 2.56 bits per heavy atom. The van der Waals surface area contributed by atoms with Gasteiger partial charge >= 0.3 is 0 Å². The number of methoxy groups -OCH3 is 1. The van der Waals surface area contributed by atoms with Crippen molar-refractivity contribution >= 4 is 38.9 Å². The van der Waals surface area contributed by atoms with E-state index in [1.54, 1.807) is 18.2 Å². The summed E-state index contributed by atoms with van der Waals surface area (Å²) < 4.78 is 33.9. The van der Waals surface area contributed by atoms with Crippen molar-refractivity contribution in [1.29, 1.82) is 0 Å². The largest absolute Gasteiger partial charge is 0.495 e. The summed E-state index contributed by atoms with van der Waals surface area (Å²) in [6, 6.07) is 11.3. The van der Waals surface area contributed by atoms with E-state index in [1.165, 1.54) is 42.4 Å². The van der Waals surface area contributed by atoms with E-state index in [1.807, 2.05) is 6.07 Å². The van der Waals surface area contributed by atoms with Crippen LogP contribution in [0.3, 0.4) is 0 Å². The van der Waals surface area contributed by atoms with Crippen LogP contribution in [0.2, 0.25) is 10.0 Å². The van der Waals surface area contributed by atoms with Crippen LogP contribution in [0, 0.1) is 0 Å². The molecule has 0 bridgehead atoms. The average molecular weight is 398 g/mol. The fraction of sp³-hybridized carbons (Fsp3) is 0.0625. The number of nitrogens with one attached hydrogen (secondary N) is 1. The molecule has 2 aromatic carbocycles. The fourth-order valence-electron chi connectivity index (χ4n) is 2.17. The summed E-state index contributed by atoms with van der Waals surface area (Å²) in [5.41, 5.74) is 0.939. The van der Waals surface area contributed by atoms with Crippen molar-refractivity contribution in [3.05, 3.63) is 64.9 Å². The zero-order valence-corrected chi connectivity index (χ0v) is 15.3. The Bertz CT molecular complexity index is 1020. The van der Waals surface area contributed by atoms with Crippen molar-refractivity contribution in [2.45, 2.75) is 4.90 Å². The molecule has 6 nitrogen and oxygen atoms in total. The molecule has 25 heavy (non-hydrogen) atoms. The Labute approximate surface area is 155 Å². The molecule has 0 unspecified atom stereocenters. The number of para-hydroxylation sites is 1. The fourth-order valence-corrected chi connectivity index (χ4v) is 3.77. The zero-order valence-electron chi connectivity index (χ0n) is 13.0. The van der Waals surface area contributed by atoms with Gasteiger partial charge in [0, 0.05) is 0 Å². The van der Waals surface area contributed by atoms with Gasteiger partial charge in [0.15, 0.2) is 0 Å². The Kier molecular flexibility index (Phi) is 4.89. The van der Waals surface area contributed by atoms with Gasteiger partial charge in [0.1, 0.15) is 5.75 Å². The first-order chi connectivity index (χ1) is 11.9. The lowest BCUT2D eigenvalue weighted by Gasteiger charge is -2.08. The molecule has 0 spiro atoms. The van der Waals surface area contributed by atoms with Crippen molar-refractivity contribution in [3.63, 3.8) is 0 Å². The smallest absolute Gasteiger partial charge is 0.262 e. The van der Waals surface area contributed by atoms with Gasteiger partial charge in [0.25, 0.3) is 10.0 Å². The molecule has 0 radical (unpaired) electrons. The third kappa shape index (κ3) is 3.73. The molecular formula is C16H13Cl2N3O3S. The Balaban J connectivity index is 1.87. The number of nitrogens with zero attached hydrogens (tertiary/aromatic N) is 2. The van der Waals surface area contributed by atoms with Gasteiger partial charge in [-0.3, -0.25) is 4.72 Å². The normalized spacial score (nSPS) is 11.3. The molecule has 0 fully saturated rings. The van der Waals surface area contributed by atoms with E-state index in [0.29, 0.717) is 22.1 Å². The Morgan fingerprint density at radius 1 is 1.12 bits per heavy atom. The van der Waals surface area contributed by atoms with Crippen molar-refractivity contribution in [2.75, 3.05) is 11.8 Å². The van der Waals surface area contributed by atoms with Crippen LogP contribution < -0.4 is 9.46 Å². The van der Waals surface area contributed by atoms with E-state index in [-0.39, 0.29) is 9.92 Å². The molecule has 1 heterocycles. The van der Waals surface area contributed by atoms with Crippen LogP contribution in [0.5, 0.6) is 5.75 Å². The van der Waals surface area contributed by atoms with Gasteiger partial charge in [-0.2, -0.15) is 5.10 Å². The summed E-state index contributed by atoms with van der Waals surface area (Å²) in [7, 11) is -2.36. The van der Waals surface area contributed by atoms with Crippen LogP contribution in [0.4, 0.5) is 5.69 Å². The maximum Gasteiger partial charge on any atom is 0.262 e. The van der Waals surface area contributed by atoms with Crippen molar-refractivity contribution in [2.24, 2.45) is 0 Å². The molecule has 1 N–H and O–H groups in total. The molecule has 0 atom stereocenters. The molecule has 1 aromatic heterocycles. The first-order valence-electron chi connectivity index (χ1n) is 7.06. The number of anilines is 1. The second-order valence-electron chi connectivity index (χ2n) is 5.03. The molecule has 0 aliphatic heterocycles. The predicted octanol–water partition coefficient (Wildman–Crippen LogP) is 3.99. The highest BCUT2D eigenvalue weighted by Gasteiger charge is 2.17. The van der Waals surface area contributed by atoms with E-state index in [9.17, 15) is 8.42 Å². The maximum absolute atomic E-state index is 12.5. The van der Waals surface area contributed by atoms with E-state index in [4.69, 9.17) is 27.9 Å². The van der Waals surface area contributed by atoms with Gasteiger partial charge in [-0.15, -0.1) is 0 Å². The summed E-state index contributed by atoms with van der Waals surface area (Å²) in [5.74, 6) is 0.396. The lowest BCUT2D eigenvalue weighted by molar-refractivity contribution is 0.414. The van der Waals surface area contributed by atoms with E-state index < -0.39 is 10.0 Å². The van der Waals surface area contributed by atoms with Crippen LogP contribution in [-0.4, -0.2) is 25.3 Å². The van der Waals surface area contributed by atoms with E-state index in [0.717, 1.165) is 0 Å². The lowest BCUT2D eigenvalue weighted by Crippen LogP contribution is -2.12. The van der Waals surface area contributed by atoms with Gasteiger partial charge in [0.05, 0.1) is 45.8 Å². The van der Waals surface area contributed by atoms with Gasteiger partial charge in [-0.1, -0.05) is 35.3 Å². The van der Waals surface area contributed by atoms with Crippen molar-refractivity contribution in [3.8, 4) is 11.4 Å². The second-order valence-corrected chi connectivity index (χ2v) is 7.52. The molecule has 3 aromatic rings. The van der Waals surface area contributed by atoms with Crippen molar-refractivity contribution < 1.29 is 13.2 Å². The van der Waals surface area contributed by atoms with Crippen LogP contribution in [0.15, 0.2) is 59.8 Å².